The number of halogens is 2. The topological polar surface area (TPSA) is 61.7 Å². The van der Waals surface area contributed by atoms with E-state index in [9.17, 15) is 10.2 Å². The molecule has 23 heavy (non-hydrogen) atoms. The van der Waals surface area contributed by atoms with Gasteiger partial charge in [0.05, 0.1) is 10.0 Å². The van der Waals surface area contributed by atoms with Crippen molar-refractivity contribution in [1.82, 2.24) is 5.32 Å². The van der Waals surface area contributed by atoms with Gasteiger partial charge in [0.15, 0.2) is 0 Å². The zero-order valence-electron chi connectivity index (χ0n) is 12.5. The molecule has 0 heterocycles. The number of aromatic hydroxyl groups is 1. The van der Waals surface area contributed by atoms with Crippen molar-refractivity contribution in [3.8, 4) is 11.5 Å². The van der Waals surface area contributed by atoms with Gasteiger partial charge in [-0.2, -0.15) is 0 Å². The van der Waals surface area contributed by atoms with Gasteiger partial charge in [-0.25, -0.2) is 0 Å². The Bertz CT molecular complexity index is 620. The van der Waals surface area contributed by atoms with E-state index in [1.807, 2.05) is 12.1 Å². The first-order chi connectivity index (χ1) is 11.0. The number of nitrogens with one attached hydrogen (secondary N) is 1. The zero-order chi connectivity index (χ0) is 16.7. The fraction of sp³-hybridized carbons (Fsp3) is 0.294. The van der Waals surface area contributed by atoms with Gasteiger partial charge in [-0.1, -0.05) is 29.3 Å². The molecular formula is C17H19Cl2NO3. The van der Waals surface area contributed by atoms with Crippen LogP contribution in [0.5, 0.6) is 11.5 Å². The Hall–Kier alpha value is -1.46. The molecule has 0 fully saturated rings. The molecule has 6 heteroatoms. The molecule has 0 aliphatic heterocycles. The fourth-order valence-electron chi connectivity index (χ4n) is 1.99. The molecular weight excluding hydrogens is 337 g/mol. The van der Waals surface area contributed by atoms with Gasteiger partial charge in [0.1, 0.15) is 24.2 Å². The molecule has 124 valence electrons. The Labute approximate surface area is 145 Å². The minimum Gasteiger partial charge on any atom is -0.508 e. The van der Waals surface area contributed by atoms with E-state index in [1.165, 1.54) is 12.1 Å². The largest absolute Gasteiger partial charge is 0.508 e. The van der Waals surface area contributed by atoms with Crippen LogP contribution in [0.3, 0.4) is 0 Å². The van der Waals surface area contributed by atoms with Gasteiger partial charge in [-0.3, -0.25) is 0 Å². The maximum absolute atomic E-state index is 9.87. The molecule has 4 nitrogen and oxygen atoms in total. The Morgan fingerprint density at radius 1 is 1.04 bits per heavy atom. The number of aliphatic hydroxyl groups is 1. The standard InChI is InChI=1S/C17H19Cl2NO3/c18-16-6-1-12(9-17(16)19)7-8-20-10-14(22)11-23-15-4-2-13(21)3-5-15/h1-6,9,14,20-22H,7-8,10-11H2. The van der Waals surface area contributed by atoms with Gasteiger partial charge in [-0.15, -0.1) is 0 Å². The number of rotatable bonds is 8. The summed E-state index contributed by atoms with van der Waals surface area (Å²) in [6, 6.07) is 11.9. The molecule has 0 amide bonds. The lowest BCUT2D eigenvalue weighted by Crippen LogP contribution is -2.32. The first kappa shape index (κ1) is 17.9. The van der Waals surface area contributed by atoms with Crippen LogP contribution in [0.1, 0.15) is 5.56 Å². The summed E-state index contributed by atoms with van der Waals surface area (Å²) < 4.78 is 5.43. The highest BCUT2D eigenvalue weighted by molar-refractivity contribution is 6.42. The van der Waals surface area contributed by atoms with Crippen LogP contribution in [0.25, 0.3) is 0 Å². The number of hydrogen-bond donors (Lipinski definition) is 3. The van der Waals surface area contributed by atoms with Gasteiger partial charge in [0.25, 0.3) is 0 Å². The maximum atomic E-state index is 9.87. The highest BCUT2D eigenvalue weighted by atomic mass is 35.5. The smallest absolute Gasteiger partial charge is 0.119 e. The molecule has 2 aromatic carbocycles. The molecule has 3 N–H and O–H groups in total. The van der Waals surface area contributed by atoms with Crippen LogP contribution in [0.15, 0.2) is 42.5 Å². The number of phenolic OH excluding ortho intramolecular Hbond substituents is 1. The number of benzene rings is 2. The van der Waals surface area contributed by atoms with Gasteiger partial charge in [0.2, 0.25) is 0 Å². The summed E-state index contributed by atoms with van der Waals surface area (Å²) in [4.78, 5) is 0. The van der Waals surface area contributed by atoms with Crippen molar-refractivity contribution in [2.75, 3.05) is 19.7 Å². The second kappa shape index (κ2) is 8.99. The van der Waals surface area contributed by atoms with E-state index in [2.05, 4.69) is 5.32 Å². The molecule has 0 spiro atoms. The van der Waals surface area contributed by atoms with E-state index in [4.69, 9.17) is 27.9 Å². The van der Waals surface area contributed by atoms with Crippen LogP contribution in [-0.4, -0.2) is 36.0 Å². The molecule has 0 radical (unpaired) electrons. The Morgan fingerprint density at radius 2 is 1.78 bits per heavy atom. The average Bonchev–Trinajstić information content (AvgIpc) is 2.54. The van der Waals surface area contributed by atoms with Crippen molar-refractivity contribution in [2.45, 2.75) is 12.5 Å². The van der Waals surface area contributed by atoms with Gasteiger partial charge < -0.3 is 20.3 Å². The van der Waals surface area contributed by atoms with E-state index in [-0.39, 0.29) is 12.4 Å². The van der Waals surface area contributed by atoms with Gasteiger partial charge in [-0.05, 0) is 54.9 Å². The van der Waals surface area contributed by atoms with Crippen molar-refractivity contribution in [1.29, 1.82) is 0 Å². The lowest BCUT2D eigenvalue weighted by molar-refractivity contribution is 0.106. The van der Waals surface area contributed by atoms with Crippen LogP contribution < -0.4 is 10.1 Å². The number of hydrogen-bond acceptors (Lipinski definition) is 4. The summed E-state index contributed by atoms with van der Waals surface area (Å²) in [7, 11) is 0. The average molecular weight is 356 g/mol. The van der Waals surface area contributed by atoms with Gasteiger partial charge >= 0.3 is 0 Å². The SMILES string of the molecule is Oc1ccc(OCC(O)CNCCc2ccc(Cl)c(Cl)c2)cc1. The van der Waals surface area contributed by atoms with Crippen LogP contribution in [0.2, 0.25) is 10.0 Å². The molecule has 0 saturated heterocycles. The Balaban J connectivity index is 1.63. The van der Waals surface area contributed by atoms with Crippen LogP contribution >= 0.6 is 23.2 Å². The third kappa shape index (κ3) is 6.28. The van der Waals surface area contributed by atoms with Crippen molar-refractivity contribution in [3.63, 3.8) is 0 Å². The van der Waals surface area contributed by atoms with E-state index in [1.54, 1.807) is 18.2 Å². The molecule has 0 aliphatic rings. The van der Waals surface area contributed by atoms with Crippen molar-refractivity contribution >= 4 is 23.2 Å². The van der Waals surface area contributed by atoms with Gasteiger partial charge in [0, 0.05) is 6.54 Å². The second-order valence-electron chi connectivity index (χ2n) is 5.16. The van der Waals surface area contributed by atoms with Crippen LogP contribution in [0, 0.1) is 0 Å². The summed E-state index contributed by atoms with van der Waals surface area (Å²) in [6.07, 6.45) is 0.181. The summed E-state index contributed by atoms with van der Waals surface area (Å²) >= 11 is 11.8. The number of aliphatic hydroxyl groups excluding tert-OH is 1. The van der Waals surface area contributed by atoms with Crippen molar-refractivity contribution < 1.29 is 14.9 Å². The van der Waals surface area contributed by atoms with Crippen molar-refractivity contribution in [2.24, 2.45) is 0 Å². The first-order valence-corrected chi connectivity index (χ1v) is 8.05. The predicted octanol–water partition coefficient (Wildman–Crippen LogP) is 3.27. The first-order valence-electron chi connectivity index (χ1n) is 7.29. The molecule has 2 aromatic rings. The minimum absolute atomic E-state index is 0.182. The predicted molar refractivity (Wildman–Crippen MR) is 92.6 cm³/mol. The fourth-order valence-corrected chi connectivity index (χ4v) is 2.31. The Morgan fingerprint density at radius 3 is 2.48 bits per heavy atom. The maximum Gasteiger partial charge on any atom is 0.119 e. The molecule has 0 aliphatic carbocycles. The quantitative estimate of drug-likeness (QED) is 0.636. The highest BCUT2D eigenvalue weighted by Gasteiger charge is 2.05. The number of ether oxygens (including phenoxy) is 1. The lowest BCUT2D eigenvalue weighted by Gasteiger charge is -2.13. The molecule has 0 bridgehead atoms. The molecule has 0 saturated carbocycles. The molecule has 1 unspecified atom stereocenters. The van der Waals surface area contributed by atoms with E-state index >= 15 is 0 Å². The molecule has 0 aromatic heterocycles. The zero-order valence-corrected chi connectivity index (χ0v) is 14.0. The van der Waals surface area contributed by atoms with Crippen LogP contribution in [0.4, 0.5) is 0 Å². The normalized spacial score (nSPS) is 12.1. The lowest BCUT2D eigenvalue weighted by atomic mass is 10.1. The summed E-state index contributed by atoms with van der Waals surface area (Å²) in [5.41, 5.74) is 1.08. The Kier molecular flexibility index (Phi) is 6.99. The monoisotopic (exact) mass is 355 g/mol. The summed E-state index contributed by atoms with van der Waals surface area (Å²) in [5.74, 6) is 0.791. The summed E-state index contributed by atoms with van der Waals surface area (Å²) in [6.45, 7) is 1.33. The van der Waals surface area contributed by atoms with E-state index in [0.29, 0.717) is 28.9 Å². The molecule has 1 atom stereocenters. The number of phenols is 1. The summed E-state index contributed by atoms with van der Waals surface area (Å²) in [5, 5.41) is 23.3. The third-order valence-electron chi connectivity index (χ3n) is 3.23. The van der Waals surface area contributed by atoms with E-state index in [0.717, 1.165) is 12.0 Å². The highest BCUT2D eigenvalue weighted by Crippen LogP contribution is 2.22. The second-order valence-corrected chi connectivity index (χ2v) is 5.98. The minimum atomic E-state index is -0.613. The van der Waals surface area contributed by atoms with Crippen LogP contribution in [-0.2, 0) is 6.42 Å². The van der Waals surface area contributed by atoms with Crippen molar-refractivity contribution in [3.05, 3.63) is 58.1 Å². The molecule has 2 rings (SSSR count). The van der Waals surface area contributed by atoms with E-state index < -0.39 is 6.10 Å². The third-order valence-corrected chi connectivity index (χ3v) is 3.97.